The van der Waals surface area contributed by atoms with E-state index >= 15 is 0 Å². The van der Waals surface area contributed by atoms with Gasteiger partial charge in [-0.2, -0.15) is 0 Å². The van der Waals surface area contributed by atoms with Crippen LogP contribution >= 0.6 is 0 Å². The largest absolute Gasteiger partial charge is 0.444 e. The molecule has 4 rings (SSSR count). The van der Waals surface area contributed by atoms with Crippen LogP contribution in [0.3, 0.4) is 0 Å². The zero-order valence-electron chi connectivity index (χ0n) is 18.0. The molecule has 29 heavy (non-hydrogen) atoms. The summed E-state index contributed by atoms with van der Waals surface area (Å²) in [6.45, 7) is 10.4. The summed E-state index contributed by atoms with van der Waals surface area (Å²) in [5.41, 5.74) is 2.97. The van der Waals surface area contributed by atoms with Gasteiger partial charge >= 0.3 is 6.09 Å². The Balaban J connectivity index is 0.000000252. The van der Waals surface area contributed by atoms with Gasteiger partial charge in [0.25, 0.3) is 0 Å². The quantitative estimate of drug-likeness (QED) is 0.723. The Morgan fingerprint density at radius 3 is 2.66 bits per heavy atom. The van der Waals surface area contributed by atoms with Gasteiger partial charge in [0, 0.05) is 30.6 Å². The summed E-state index contributed by atoms with van der Waals surface area (Å²) in [6, 6.07) is 8.25. The number of amides is 1. The first kappa shape index (κ1) is 21.5. The van der Waals surface area contributed by atoms with Crippen LogP contribution < -0.4 is 5.32 Å². The number of para-hydroxylation sites is 1. The zero-order chi connectivity index (χ0) is 21.0. The summed E-state index contributed by atoms with van der Waals surface area (Å²) in [7, 11) is 0. The number of hydrogen-bond donors (Lipinski definition) is 1. The van der Waals surface area contributed by atoms with Crippen molar-refractivity contribution in [1.82, 2.24) is 10.2 Å². The Morgan fingerprint density at radius 1 is 1.28 bits per heavy atom. The topological polar surface area (TPSA) is 71.0 Å². The third kappa shape index (κ3) is 5.24. The van der Waals surface area contributed by atoms with Crippen molar-refractivity contribution in [1.29, 1.82) is 0 Å². The first-order valence-corrected chi connectivity index (χ1v) is 10.6. The first-order chi connectivity index (χ1) is 13.8. The van der Waals surface area contributed by atoms with Crippen LogP contribution in [0.4, 0.5) is 10.5 Å². The smallest absolute Gasteiger partial charge is 0.410 e. The van der Waals surface area contributed by atoms with Gasteiger partial charge in [0.15, 0.2) is 0 Å². The highest BCUT2D eigenvalue weighted by molar-refractivity contribution is 6.03. The second-order valence-electron chi connectivity index (χ2n) is 9.03. The van der Waals surface area contributed by atoms with E-state index in [9.17, 15) is 9.59 Å². The van der Waals surface area contributed by atoms with Gasteiger partial charge in [0.05, 0.1) is 11.7 Å². The predicted molar refractivity (Wildman–Crippen MR) is 115 cm³/mol. The number of aldehydes is 1. The molecule has 1 aromatic carbocycles. The number of fused-ring (bicyclic) bond motifs is 3. The number of nitrogens with one attached hydrogen (secondary N) is 1. The number of aliphatic imine (C=N–C) groups is 1. The molecule has 3 atom stereocenters. The monoisotopic (exact) mass is 399 g/mol. The number of hydrogen-bond acceptors (Lipinski definition) is 5. The van der Waals surface area contributed by atoms with Gasteiger partial charge in [0.2, 0.25) is 0 Å². The van der Waals surface area contributed by atoms with Crippen LogP contribution in [0.1, 0.15) is 58.4 Å². The molecular weight excluding hydrogens is 366 g/mol. The lowest BCUT2D eigenvalue weighted by Crippen LogP contribution is -2.50. The molecule has 0 saturated carbocycles. The van der Waals surface area contributed by atoms with E-state index in [0.29, 0.717) is 18.4 Å². The Kier molecular flexibility index (Phi) is 6.73. The van der Waals surface area contributed by atoms with E-state index in [1.54, 1.807) is 4.90 Å². The van der Waals surface area contributed by atoms with E-state index in [1.165, 1.54) is 5.56 Å². The minimum atomic E-state index is -0.464. The van der Waals surface area contributed by atoms with Gasteiger partial charge in [-0.25, -0.2) is 4.79 Å². The second kappa shape index (κ2) is 9.08. The Hall–Kier alpha value is -2.21. The number of ether oxygens (including phenoxy) is 1. The molecule has 0 spiro atoms. The van der Waals surface area contributed by atoms with Crippen molar-refractivity contribution in [2.24, 2.45) is 10.9 Å². The number of piperidine rings is 2. The molecule has 1 aromatic rings. The molecule has 3 aliphatic heterocycles. The highest BCUT2D eigenvalue weighted by atomic mass is 16.6. The van der Waals surface area contributed by atoms with Crippen LogP contribution in [-0.4, -0.2) is 54.3 Å². The maximum Gasteiger partial charge on any atom is 0.410 e. The lowest BCUT2D eigenvalue weighted by atomic mass is 9.86. The van der Waals surface area contributed by atoms with Gasteiger partial charge < -0.3 is 19.7 Å². The first-order valence-electron chi connectivity index (χ1n) is 10.6. The Labute approximate surface area is 173 Å². The molecular formula is C23H33N3O3. The molecule has 0 bridgehead atoms. The van der Waals surface area contributed by atoms with Crippen molar-refractivity contribution in [3.8, 4) is 0 Å². The second-order valence-corrected chi connectivity index (χ2v) is 9.03. The number of rotatable bonds is 1. The van der Waals surface area contributed by atoms with Crippen molar-refractivity contribution in [2.75, 3.05) is 19.6 Å². The molecule has 158 valence electrons. The Morgan fingerprint density at radius 2 is 2.03 bits per heavy atom. The fraction of sp³-hybridized carbons (Fsp3) is 0.609. The number of carbonyl (C=O) groups excluding carboxylic acids is 2. The standard InChI is InChI=1S/C17H22N2O2.C6H11NO/c1-11-15-13(12-7-5-6-8-14(12)18-15)9-10-19(11)16(20)21-17(2,3)4;8-5-6-2-1-3-7-4-6/h5-8,11,13H,9-10H2,1-4H3;5-7H,1-4H2. The van der Waals surface area contributed by atoms with Crippen LogP contribution in [-0.2, 0) is 9.53 Å². The molecule has 6 heteroatoms. The lowest BCUT2D eigenvalue weighted by molar-refractivity contribution is -0.111. The third-order valence-corrected chi connectivity index (χ3v) is 5.63. The normalized spacial score (nSPS) is 25.7. The maximum atomic E-state index is 12.3. The van der Waals surface area contributed by atoms with E-state index in [1.807, 2.05) is 39.8 Å². The fourth-order valence-corrected chi connectivity index (χ4v) is 4.13. The summed E-state index contributed by atoms with van der Waals surface area (Å²) < 4.78 is 5.51. The van der Waals surface area contributed by atoms with Crippen LogP contribution in [0.15, 0.2) is 29.3 Å². The molecule has 3 heterocycles. The molecule has 6 nitrogen and oxygen atoms in total. The van der Waals surface area contributed by atoms with E-state index in [0.717, 1.165) is 50.0 Å². The SMILES string of the molecule is CC1C2=Nc3ccccc3C2CCN1C(=O)OC(C)(C)C.O=CC1CCCNC1. The molecule has 2 fully saturated rings. The highest BCUT2D eigenvalue weighted by Crippen LogP contribution is 2.41. The van der Waals surface area contributed by atoms with E-state index in [4.69, 9.17) is 9.73 Å². The molecule has 0 radical (unpaired) electrons. The van der Waals surface area contributed by atoms with Crippen LogP contribution in [0, 0.1) is 5.92 Å². The summed E-state index contributed by atoms with van der Waals surface area (Å²) in [5, 5.41) is 3.15. The minimum Gasteiger partial charge on any atom is -0.444 e. The number of benzene rings is 1. The highest BCUT2D eigenvalue weighted by Gasteiger charge is 2.40. The molecule has 3 unspecified atom stereocenters. The Bertz CT molecular complexity index is 763. The van der Waals surface area contributed by atoms with Crippen molar-refractivity contribution in [3.05, 3.63) is 29.8 Å². The molecule has 1 amide bonds. The fourth-order valence-electron chi connectivity index (χ4n) is 4.13. The zero-order valence-corrected chi connectivity index (χ0v) is 18.0. The van der Waals surface area contributed by atoms with Crippen molar-refractivity contribution in [3.63, 3.8) is 0 Å². The number of likely N-dealkylation sites (tertiary alicyclic amines) is 1. The van der Waals surface area contributed by atoms with Gasteiger partial charge in [-0.3, -0.25) is 4.99 Å². The number of nitrogens with zero attached hydrogens (tertiary/aromatic N) is 2. The average Bonchev–Trinajstić information content (AvgIpc) is 3.08. The van der Waals surface area contributed by atoms with E-state index in [-0.39, 0.29) is 12.1 Å². The van der Waals surface area contributed by atoms with Crippen molar-refractivity contribution < 1.29 is 14.3 Å². The average molecular weight is 400 g/mol. The molecule has 2 saturated heterocycles. The van der Waals surface area contributed by atoms with E-state index in [2.05, 4.69) is 17.4 Å². The van der Waals surface area contributed by atoms with E-state index < -0.39 is 5.60 Å². The summed E-state index contributed by atoms with van der Waals surface area (Å²) in [6.07, 6.45) is 3.96. The number of carbonyl (C=O) groups is 2. The van der Waals surface area contributed by atoms with Crippen molar-refractivity contribution in [2.45, 2.75) is 64.5 Å². The molecule has 0 aromatic heterocycles. The van der Waals surface area contributed by atoms with Gasteiger partial charge in [0.1, 0.15) is 11.9 Å². The van der Waals surface area contributed by atoms with Crippen LogP contribution in [0.2, 0.25) is 0 Å². The van der Waals surface area contributed by atoms with Gasteiger partial charge in [-0.1, -0.05) is 18.2 Å². The minimum absolute atomic E-state index is 0.00833. The predicted octanol–water partition coefficient (Wildman–Crippen LogP) is 4.07. The molecule has 0 aliphatic carbocycles. The molecule has 1 N–H and O–H groups in total. The lowest BCUT2D eigenvalue weighted by Gasteiger charge is -2.37. The van der Waals surface area contributed by atoms with Gasteiger partial charge in [-0.05, 0) is 65.1 Å². The van der Waals surface area contributed by atoms with Gasteiger partial charge in [-0.15, -0.1) is 0 Å². The summed E-state index contributed by atoms with van der Waals surface area (Å²) >= 11 is 0. The summed E-state index contributed by atoms with van der Waals surface area (Å²) in [4.78, 5) is 29.0. The maximum absolute atomic E-state index is 12.3. The van der Waals surface area contributed by atoms with Crippen LogP contribution in [0.25, 0.3) is 0 Å². The molecule has 3 aliphatic rings. The van der Waals surface area contributed by atoms with Crippen LogP contribution in [0.5, 0.6) is 0 Å². The summed E-state index contributed by atoms with van der Waals surface area (Å²) in [5.74, 6) is 0.652. The van der Waals surface area contributed by atoms with Crippen molar-refractivity contribution >= 4 is 23.8 Å². The third-order valence-electron chi connectivity index (χ3n) is 5.63.